The van der Waals surface area contributed by atoms with E-state index in [0.29, 0.717) is 17.8 Å². The number of rotatable bonds is 3. The standard InChI is InChI=1S/C26H29N3O2/c1-15-10-11-27-21(12-15)29-25(31)22-17(3)28-19-13-26(4,5)14-20(30)24(19)23(22)18-9-7-6-8-16(18)2/h6-12,23,28H,13-14H2,1-5H3,(H,27,29,31)/t23-/m1/s1. The van der Waals surface area contributed by atoms with Gasteiger partial charge in [-0.2, -0.15) is 0 Å². The molecule has 2 N–H and O–H groups in total. The Morgan fingerprint density at radius 2 is 1.87 bits per heavy atom. The van der Waals surface area contributed by atoms with Gasteiger partial charge < -0.3 is 10.6 Å². The Morgan fingerprint density at radius 1 is 1.13 bits per heavy atom. The zero-order chi connectivity index (χ0) is 22.3. The maximum absolute atomic E-state index is 13.5. The van der Waals surface area contributed by atoms with Crippen LogP contribution in [0.3, 0.4) is 0 Å². The number of allylic oxidation sites excluding steroid dienone is 3. The van der Waals surface area contributed by atoms with Crippen LogP contribution < -0.4 is 10.6 Å². The highest BCUT2D eigenvalue weighted by Gasteiger charge is 2.43. The fourth-order valence-corrected chi connectivity index (χ4v) is 4.75. The Kier molecular flexibility index (Phi) is 5.29. The van der Waals surface area contributed by atoms with Crippen LogP contribution >= 0.6 is 0 Å². The van der Waals surface area contributed by atoms with E-state index in [1.165, 1.54) is 0 Å². The molecule has 1 aromatic carbocycles. The SMILES string of the molecule is CC1=C(C(=O)Nc2cc(C)ccn2)[C@@H](c2ccccc2C)C2=C(CC(C)(C)CC2=O)N1. The lowest BCUT2D eigenvalue weighted by Gasteiger charge is -2.40. The molecule has 0 bridgehead atoms. The van der Waals surface area contributed by atoms with Crippen LogP contribution in [0.2, 0.25) is 0 Å². The van der Waals surface area contributed by atoms with Gasteiger partial charge >= 0.3 is 0 Å². The Labute approximate surface area is 183 Å². The molecule has 0 radical (unpaired) electrons. The van der Waals surface area contributed by atoms with Gasteiger partial charge in [-0.3, -0.25) is 9.59 Å². The Hall–Kier alpha value is -3.21. The van der Waals surface area contributed by atoms with Gasteiger partial charge in [0.05, 0.1) is 0 Å². The number of ketones is 1. The first-order chi connectivity index (χ1) is 14.7. The normalized spacial score (nSPS) is 20.3. The van der Waals surface area contributed by atoms with Gasteiger partial charge in [-0.05, 0) is 61.4 Å². The zero-order valence-electron chi connectivity index (χ0n) is 18.8. The molecule has 1 atom stereocenters. The lowest BCUT2D eigenvalue weighted by molar-refractivity contribution is -0.118. The molecule has 0 spiro atoms. The van der Waals surface area contributed by atoms with E-state index in [4.69, 9.17) is 0 Å². The van der Waals surface area contributed by atoms with E-state index in [2.05, 4.69) is 29.5 Å². The Balaban J connectivity index is 1.83. The molecule has 0 fully saturated rings. The monoisotopic (exact) mass is 415 g/mol. The van der Waals surface area contributed by atoms with E-state index in [1.54, 1.807) is 6.20 Å². The minimum absolute atomic E-state index is 0.106. The van der Waals surface area contributed by atoms with Gasteiger partial charge in [-0.1, -0.05) is 38.1 Å². The highest BCUT2D eigenvalue weighted by atomic mass is 16.2. The third-order valence-corrected chi connectivity index (χ3v) is 6.14. The summed E-state index contributed by atoms with van der Waals surface area (Å²) >= 11 is 0. The molecule has 0 unspecified atom stereocenters. The van der Waals surface area contributed by atoms with E-state index >= 15 is 0 Å². The molecule has 2 heterocycles. The number of amides is 1. The van der Waals surface area contributed by atoms with Crippen molar-refractivity contribution in [2.45, 2.75) is 53.4 Å². The number of dihydropyridines is 1. The summed E-state index contributed by atoms with van der Waals surface area (Å²) in [4.78, 5) is 31.1. The summed E-state index contributed by atoms with van der Waals surface area (Å²) in [6.45, 7) is 10.1. The molecule has 160 valence electrons. The van der Waals surface area contributed by atoms with Gasteiger partial charge in [0.25, 0.3) is 5.91 Å². The molecule has 1 aliphatic carbocycles. The zero-order valence-corrected chi connectivity index (χ0v) is 18.8. The summed E-state index contributed by atoms with van der Waals surface area (Å²) in [6.07, 6.45) is 2.93. The van der Waals surface area contributed by atoms with E-state index in [0.717, 1.165) is 40.1 Å². The number of carbonyl (C=O) groups is 2. The predicted molar refractivity (Wildman–Crippen MR) is 122 cm³/mol. The van der Waals surface area contributed by atoms with Crippen LogP contribution in [0.1, 0.15) is 56.2 Å². The van der Waals surface area contributed by atoms with Crippen molar-refractivity contribution in [1.82, 2.24) is 10.3 Å². The molecule has 5 heteroatoms. The fourth-order valence-electron chi connectivity index (χ4n) is 4.75. The van der Waals surface area contributed by atoms with E-state index in [-0.39, 0.29) is 17.1 Å². The van der Waals surface area contributed by atoms with Crippen LogP contribution in [-0.4, -0.2) is 16.7 Å². The van der Waals surface area contributed by atoms with Crippen molar-refractivity contribution in [2.24, 2.45) is 5.41 Å². The van der Waals surface area contributed by atoms with Gasteiger partial charge in [-0.25, -0.2) is 4.98 Å². The molecule has 5 nitrogen and oxygen atoms in total. The molecule has 2 aliphatic rings. The van der Waals surface area contributed by atoms with Gasteiger partial charge in [0.1, 0.15) is 5.82 Å². The van der Waals surface area contributed by atoms with E-state index < -0.39 is 5.92 Å². The summed E-state index contributed by atoms with van der Waals surface area (Å²) in [7, 11) is 0. The number of Topliss-reactive ketones (excluding diaryl/α,β-unsaturated/α-hetero) is 1. The first kappa shape index (κ1) is 21.0. The van der Waals surface area contributed by atoms with Crippen LogP contribution in [0, 0.1) is 19.3 Å². The highest BCUT2D eigenvalue weighted by Crippen LogP contribution is 2.47. The number of nitrogens with one attached hydrogen (secondary N) is 2. The Morgan fingerprint density at radius 3 is 2.58 bits per heavy atom. The molecule has 1 aromatic heterocycles. The van der Waals surface area contributed by atoms with Gasteiger partial charge in [0, 0.05) is 41.1 Å². The van der Waals surface area contributed by atoms with Crippen LogP contribution in [0.25, 0.3) is 0 Å². The maximum atomic E-state index is 13.5. The van der Waals surface area contributed by atoms with Crippen molar-refractivity contribution in [1.29, 1.82) is 0 Å². The average Bonchev–Trinajstić information content (AvgIpc) is 2.66. The van der Waals surface area contributed by atoms with E-state index in [9.17, 15) is 9.59 Å². The summed E-state index contributed by atoms with van der Waals surface area (Å²) in [6, 6.07) is 11.7. The first-order valence-electron chi connectivity index (χ1n) is 10.7. The van der Waals surface area contributed by atoms with Gasteiger partial charge in [-0.15, -0.1) is 0 Å². The number of benzene rings is 1. The van der Waals surface area contributed by atoms with E-state index in [1.807, 2.05) is 57.2 Å². The fraction of sp³-hybridized carbons (Fsp3) is 0.346. The minimum Gasteiger partial charge on any atom is -0.362 e. The number of nitrogens with zero attached hydrogens (tertiary/aromatic N) is 1. The molecule has 0 saturated heterocycles. The molecule has 2 aromatic rings. The second-order valence-corrected chi connectivity index (χ2v) is 9.46. The topological polar surface area (TPSA) is 71.1 Å². The average molecular weight is 416 g/mol. The number of aryl methyl sites for hydroxylation is 2. The molecule has 1 aliphatic heterocycles. The minimum atomic E-state index is -0.397. The molecular weight excluding hydrogens is 386 g/mol. The number of hydrogen-bond donors (Lipinski definition) is 2. The number of hydrogen-bond acceptors (Lipinski definition) is 4. The van der Waals surface area contributed by atoms with Gasteiger partial charge in [0.15, 0.2) is 5.78 Å². The third kappa shape index (κ3) is 4.05. The number of aromatic nitrogens is 1. The lowest BCUT2D eigenvalue weighted by Crippen LogP contribution is -2.39. The molecule has 1 amide bonds. The largest absolute Gasteiger partial charge is 0.362 e. The summed E-state index contributed by atoms with van der Waals surface area (Å²) < 4.78 is 0. The second-order valence-electron chi connectivity index (χ2n) is 9.46. The molecular formula is C26H29N3O2. The van der Waals surface area contributed by atoms with Crippen LogP contribution in [0.4, 0.5) is 5.82 Å². The van der Waals surface area contributed by atoms with Crippen molar-refractivity contribution in [3.8, 4) is 0 Å². The lowest BCUT2D eigenvalue weighted by atomic mass is 9.68. The van der Waals surface area contributed by atoms with Crippen LogP contribution in [-0.2, 0) is 9.59 Å². The van der Waals surface area contributed by atoms with Crippen molar-refractivity contribution in [2.75, 3.05) is 5.32 Å². The van der Waals surface area contributed by atoms with Crippen molar-refractivity contribution < 1.29 is 9.59 Å². The summed E-state index contributed by atoms with van der Waals surface area (Å²) in [5, 5.41) is 6.36. The van der Waals surface area contributed by atoms with Crippen LogP contribution in [0.5, 0.6) is 0 Å². The van der Waals surface area contributed by atoms with Crippen molar-refractivity contribution in [3.63, 3.8) is 0 Å². The molecule has 0 saturated carbocycles. The summed E-state index contributed by atoms with van der Waals surface area (Å²) in [5.74, 6) is -0.0189. The third-order valence-electron chi connectivity index (χ3n) is 6.14. The molecule has 31 heavy (non-hydrogen) atoms. The first-order valence-corrected chi connectivity index (χ1v) is 10.7. The quantitative estimate of drug-likeness (QED) is 0.745. The molecule has 4 rings (SSSR count). The number of carbonyl (C=O) groups excluding carboxylic acids is 2. The highest BCUT2D eigenvalue weighted by molar-refractivity contribution is 6.09. The number of pyridine rings is 1. The smallest absolute Gasteiger partial charge is 0.255 e. The van der Waals surface area contributed by atoms with Crippen molar-refractivity contribution in [3.05, 3.63) is 81.8 Å². The van der Waals surface area contributed by atoms with Gasteiger partial charge in [0.2, 0.25) is 0 Å². The van der Waals surface area contributed by atoms with Crippen molar-refractivity contribution >= 4 is 17.5 Å². The Bertz CT molecular complexity index is 1140. The van der Waals surface area contributed by atoms with Crippen LogP contribution in [0.15, 0.2) is 65.1 Å². The summed E-state index contributed by atoms with van der Waals surface area (Å²) in [5.41, 5.74) is 5.98. The maximum Gasteiger partial charge on any atom is 0.255 e. The second kappa shape index (κ2) is 7.80. The predicted octanol–water partition coefficient (Wildman–Crippen LogP) is 4.94. The number of anilines is 1.